The highest BCUT2D eigenvalue weighted by Crippen LogP contribution is 2.23. The first kappa shape index (κ1) is 16.9. The summed E-state index contributed by atoms with van der Waals surface area (Å²) in [4.78, 5) is 27.7. The number of methoxy groups -OCH3 is 1. The molecule has 9 heteroatoms. The zero-order valence-corrected chi connectivity index (χ0v) is 13.5. The van der Waals surface area contributed by atoms with Crippen LogP contribution < -0.4 is 15.4 Å². The second kappa shape index (κ2) is 7.29. The lowest BCUT2D eigenvalue weighted by atomic mass is 9.97. The van der Waals surface area contributed by atoms with Crippen molar-refractivity contribution in [3.8, 4) is 5.75 Å². The van der Waals surface area contributed by atoms with Crippen LogP contribution >= 0.6 is 0 Å². The molecule has 1 aromatic heterocycles. The molecule has 25 heavy (non-hydrogen) atoms. The van der Waals surface area contributed by atoms with Crippen molar-refractivity contribution in [2.24, 2.45) is 0 Å². The summed E-state index contributed by atoms with van der Waals surface area (Å²) in [6.45, 7) is 0.589. The van der Waals surface area contributed by atoms with E-state index in [-0.39, 0.29) is 35.6 Å². The Kier molecular flexibility index (Phi) is 4.92. The van der Waals surface area contributed by atoms with E-state index in [1.54, 1.807) is 0 Å². The highest BCUT2D eigenvalue weighted by atomic mass is 19.1. The molecule has 2 N–H and O–H groups in total. The summed E-state index contributed by atoms with van der Waals surface area (Å²) >= 11 is 0. The van der Waals surface area contributed by atoms with Crippen molar-refractivity contribution in [2.75, 3.05) is 13.7 Å². The highest BCUT2D eigenvalue weighted by Gasteiger charge is 2.25. The first-order chi connectivity index (χ1) is 12.1. The van der Waals surface area contributed by atoms with Crippen LogP contribution in [0.2, 0.25) is 0 Å². The van der Waals surface area contributed by atoms with Gasteiger partial charge in [-0.25, -0.2) is 4.39 Å². The van der Waals surface area contributed by atoms with Crippen molar-refractivity contribution in [3.63, 3.8) is 0 Å². The molecule has 3 rings (SSSR count). The van der Waals surface area contributed by atoms with Crippen molar-refractivity contribution < 1.29 is 23.2 Å². The van der Waals surface area contributed by atoms with Crippen molar-refractivity contribution in [2.45, 2.75) is 25.3 Å². The van der Waals surface area contributed by atoms with Gasteiger partial charge >= 0.3 is 0 Å². The summed E-state index contributed by atoms with van der Waals surface area (Å²) in [5.41, 5.74) is 0.155. The second-order valence-corrected chi connectivity index (χ2v) is 5.62. The molecule has 2 aromatic rings. The van der Waals surface area contributed by atoms with Gasteiger partial charge in [-0.3, -0.25) is 9.59 Å². The van der Waals surface area contributed by atoms with Crippen LogP contribution in [0.4, 0.5) is 4.39 Å². The first-order valence-corrected chi connectivity index (χ1v) is 7.77. The number of nitrogens with zero attached hydrogens (tertiary/aromatic N) is 2. The van der Waals surface area contributed by atoms with Crippen LogP contribution in [0.15, 0.2) is 22.7 Å². The third kappa shape index (κ3) is 3.93. The van der Waals surface area contributed by atoms with Gasteiger partial charge < -0.3 is 19.9 Å². The number of benzene rings is 1. The molecular weight excluding hydrogens is 331 g/mol. The first-order valence-electron chi connectivity index (χ1n) is 7.77. The Morgan fingerprint density at radius 1 is 1.52 bits per heavy atom. The molecule has 1 atom stereocenters. The van der Waals surface area contributed by atoms with Crippen LogP contribution in [0.3, 0.4) is 0 Å². The third-order valence-electron chi connectivity index (χ3n) is 3.91. The largest absolute Gasteiger partial charge is 0.494 e. The fourth-order valence-electron chi connectivity index (χ4n) is 2.58. The number of hydrogen-bond acceptors (Lipinski definition) is 6. The van der Waals surface area contributed by atoms with Gasteiger partial charge in [0.05, 0.1) is 13.7 Å². The van der Waals surface area contributed by atoms with Crippen molar-refractivity contribution in [3.05, 3.63) is 41.3 Å². The second-order valence-electron chi connectivity index (χ2n) is 5.62. The Bertz CT molecular complexity index is 792. The van der Waals surface area contributed by atoms with Crippen LogP contribution in [-0.4, -0.2) is 35.6 Å². The number of nitrogens with one attached hydrogen (secondary N) is 2. The predicted molar refractivity (Wildman–Crippen MR) is 83.4 cm³/mol. The van der Waals surface area contributed by atoms with Crippen molar-refractivity contribution in [1.82, 2.24) is 20.8 Å². The van der Waals surface area contributed by atoms with E-state index in [4.69, 9.17) is 9.26 Å². The van der Waals surface area contributed by atoms with E-state index >= 15 is 0 Å². The summed E-state index contributed by atoms with van der Waals surface area (Å²) < 4.78 is 23.5. The number of carbonyl (C=O) groups excluding carboxylic acids is 2. The molecule has 8 nitrogen and oxygen atoms in total. The minimum Gasteiger partial charge on any atom is -0.494 e. The number of aromatic nitrogens is 2. The molecule has 0 spiro atoms. The van der Waals surface area contributed by atoms with Crippen LogP contribution in [0.5, 0.6) is 5.75 Å². The lowest BCUT2D eigenvalue weighted by Gasteiger charge is -2.18. The number of ether oxygens (including phenoxy) is 1. The van der Waals surface area contributed by atoms with Gasteiger partial charge in [0.2, 0.25) is 11.8 Å². The van der Waals surface area contributed by atoms with Gasteiger partial charge in [-0.2, -0.15) is 4.98 Å². The maximum Gasteiger partial charge on any atom is 0.251 e. The Labute approximate surface area is 142 Å². The van der Waals surface area contributed by atoms with Gasteiger partial charge in [0.1, 0.15) is 0 Å². The molecule has 2 amide bonds. The number of hydrogen-bond donors (Lipinski definition) is 2. The molecule has 0 radical (unpaired) electrons. The summed E-state index contributed by atoms with van der Waals surface area (Å²) in [7, 11) is 1.35. The van der Waals surface area contributed by atoms with Crippen LogP contribution in [0.1, 0.15) is 40.8 Å². The van der Waals surface area contributed by atoms with E-state index in [0.717, 1.165) is 12.5 Å². The topological polar surface area (TPSA) is 106 Å². The van der Waals surface area contributed by atoms with E-state index < -0.39 is 11.7 Å². The average Bonchev–Trinajstić information content (AvgIpc) is 3.08. The lowest BCUT2D eigenvalue weighted by Crippen LogP contribution is -2.32. The van der Waals surface area contributed by atoms with Crippen molar-refractivity contribution >= 4 is 11.8 Å². The lowest BCUT2D eigenvalue weighted by molar-refractivity contribution is -0.122. The number of amides is 2. The van der Waals surface area contributed by atoms with Crippen molar-refractivity contribution in [1.29, 1.82) is 0 Å². The molecule has 2 heterocycles. The molecular formula is C16H17FN4O4. The highest BCUT2D eigenvalue weighted by molar-refractivity contribution is 5.94. The molecule has 0 saturated carbocycles. The Morgan fingerprint density at radius 2 is 2.36 bits per heavy atom. The standard InChI is InChI=1S/C16H17FN4O4/c1-24-12-3-2-10(6-11(12)17)16(23)19-8-14-20-15(21-25-14)9-4-5-18-13(22)7-9/h2-3,6,9H,4-5,7-8H2,1H3,(H,18,22)(H,19,23). The van der Waals surface area contributed by atoms with Gasteiger partial charge in [-0.15, -0.1) is 0 Å². The van der Waals surface area contributed by atoms with E-state index in [9.17, 15) is 14.0 Å². The number of halogens is 1. The van der Waals surface area contributed by atoms with Crippen LogP contribution in [-0.2, 0) is 11.3 Å². The Hall–Kier alpha value is -2.97. The number of carbonyl (C=O) groups is 2. The van der Waals surface area contributed by atoms with E-state index in [1.807, 2.05) is 0 Å². The van der Waals surface area contributed by atoms with Gasteiger partial charge in [-0.05, 0) is 24.6 Å². The monoisotopic (exact) mass is 348 g/mol. The average molecular weight is 348 g/mol. The Balaban J connectivity index is 1.59. The summed E-state index contributed by atoms with van der Waals surface area (Å²) in [5.74, 6) is -0.480. The molecule has 0 aliphatic carbocycles. The third-order valence-corrected chi connectivity index (χ3v) is 3.91. The summed E-state index contributed by atoms with van der Waals surface area (Å²) in [6, 6.07) is 3.92. The number of rotatable bonds is 5. The van der Waals surface area contributed by atoms with Gasteiger partial charge in [0.15, 0.2) is 17.4 Å². The van der Waals surface area contributed by atoms with Gasteiger partial charge in [0, 0.05) is 24.4 Å². The minimum absolute atomic E-state index is 0.0123. The SMILES string of the molecule is COc1ccc(C(=O)NCc2nc(C3CCNC(=O)C3)no2)cc1F. The van der Waals surface area contributed by atoms with E-state index in [0.29, 0.717) is 18.8 Å². The maximum absolute atomic E-state index is 13.6. The smallest absolute Gasteiger partial charge is 0.251 e. The normalized spacial score (nSPS) is 17.0. The molecule has 1 aromatic carbocycles. The number of piperidine rings is 1. The fourth-order valence-corrected chi connectivity index (χ4v) is 2.58. The summed E-state index contributed by atoms with van der Waals surface area (Å²) in [6.07, 6.45) is 1.05. The molecule has 1 unspecified atom stereocenters. The molecule has 1 saturated heterocycles. The summed E-state index contributed by atoms with van der Waals surface area (Å²) in [5, 5.41) is 9.19. The zero-order valence-electron chi connectivity index (χ0n) is 13.5. The Morgan fingerprint density at radius 3 is 3.08 bits per heavy atom. The fraction of sp³-hybridized carbons (Fsp3) is 0.375. The predicted octanol–water partition coefficient (Wildman–Crippen LogP) is 1.14. The van der Waals surface area contributed by atoms with Crippen LogP contribution in [0.25, 0.3) is 0 Å². The quantitative estimate of drug-likeness (QED) is 0.839. The molecule has 0 bridgehead atoms. The van der Waals surface area contributed by atoms with Crippen LogP contribution in [0, 0.1) is 5.82 Å². The van der Waals surface area contributed by atoms with Gasteiger partial charge in [0.25, 0.3) is 5.91 Å². The minimum atomic E-state index is -0.620. The van der Waals surface area contributed by atoms with E-state index in [2.05, 4.69) is 20.8 Å². The molecule has 1 fully saturated rings. The van der Waals surface area contributed by atoms with Gasteiger partial charge in [-0.1, -0.05) is 5.16 Å². The van der Waals surface area contributed by atoms with E-state index in [1.165, 1.54) is 19.2 Å². The maximum atomic E-state index is 13.6. The molecule has 1 aliphatic heterocycles. The molecule has 132 valence electrons. The molecule has 1 aliphatic rings. The zero-order chi connectivity index (χ0) is 17.8.